The van der Waals surface area contributed by atoms with E-state index < -0.39 is 0 Å². The number of aromatic hydroxyl groups is 1. The molecule has 0 amide bonds. The van der Waals surface area contributed by atoms with E-state index in [4.69, 9.17) is 9.47 Å². The molecule has 1 N–H and O–H groups in total. The Kier molecular flexibility index (Phi) is 3.43. The summed E-state index contributed by atoms with van der Waals surface area (Å²) in [6.07, 6.45) is 0. The van der Waals surface area contributed by atoms with Crippen molar-refractivity contribution in [2.24, 2.45) is 0 Å². The number of hydrogen-bond acceptors (Lipinski definition) is 3. The second kappa shape index (κ2) is 4.38. The zero-order valence-electron chi connectivity index (χ0n) is 7.33. The first-order chi connectivity index (χ1) is 6.22. The summed E-state index contributed by atoms with van der Waals surface area (Å²) in [4.78, 5) is 0. The monoisotopic (exact) mass is 269 g/mol. The Morgan fingerprint density at radius 2 is 1.69 bits per heavy atom. The minimum absolute atomic E-state index is 0.0254. The van der Waals surface area contributed by atoms with Crippen molar-refractivity contribution >= 4 is 4.61 Å². The van der Waals surface area contributed by atoms with Gasteiger partial charge in [0.25, 0.3) is 0 Å². The van der Waals surface area contributed by atoms with Crippen molar-refractivity contribution < 1.29 is 32.4 Å². The van der Waals surface area contributed by atoms with Crippen molar-refractivity contribution in [1.82, 2.24) is 0 Å². The molecule has 0 saturated carbocycles. The van der Waals surface area contributed by atoms with Crippen LogP contribution in [0.5, 0.6) is 17.2 Å². The average Bonchev–Trinajstić information content (AvgIpc) is 2.18. The predicted octanol–water partition coefficient (Wildman–Crippen LogP) is 1.11. The van der Waals surface area contributed by atoms with Crippen molar-refractivity contribution in [1.29, 1.82) is 0 Å². The standard InChI is InChI=1S/C9H10O3.Rh/c1-6-4-7(11-2)9(10)8(5-6)12-3;/h1,4-5,10H,2-3H3;. The number of benzene rings is 1. The number of ether oxygens (including phenoxy) is 2. The first-order valence-electron chi connectivity index (χ1n) is 3.58. The fourth-order valence-corrected chi connectivity index (χ4v) is 1.24. The molecule has 0 radical (unpaired) electrons. The van der Waals surface area contributed by atoms with E-state index in [0.717, 1.165) is 5.56 Å². The summed E-state index contributed by atoms with van der Waals surface area (Å²) in [7, 11) is 3.00. The SMILES string of the molecule is COc1cc([CH]=[Rh])cc(OC)c1O. The van der Waals surface area contributed by atoms with Crippen LogP contribution in [0.4, 0.5) is 0 Å². The van der Waals surface area contributed by atoms with Crippen LogP contribution in [-0.2, 0) is 17.9 Å². The third kappa shape index (κ3) is 2.07. The zero-order chi connectivity index (χ0) is 9.84. The Bertz CT molecular complexity index is 298. The number of phenolic OH excluding ortho intramolecular Hbond substituents is 1. The van der Waals surface area contributed by atoms with Gasteiger partial charge in [-0.2, -0.15) is 0 Å². The Morgan fingerprint density at radius 3 is 2.00 bits per heavy atom. The number of rotatable bonds is 3. The van der Waals surface area contributed by atoms with Gasteiger partial charge in [0.2, 0.25) is 0 Å². The molecule has 3 nitrogen and oxygen atoms in total. The van der Waals surface area contributed by atoms with E-state index in [2.05, 4.69) is 17.9 Å². The third-order valence-electron chi connectivity index (χ3n) is 1.61. The number of hydrogen-bond donors (Lipinski definition) is 1. The first-order valence-corrected chi connectivity index (χ1v) is 4.53. The summed E-state index contributed by atoms with van der Waals surface area (Å²) >= 11 is 2.66. The van der Waals surface area contributed by atoms with E-state index in [0.29, 0.717) is 11.5 Å². The molecule has 0 aliphatic heterocycles. The van der Waals surface area contributed by atoms with E-state index in [-0.39, 0.29) is 5.75 Å². The molecular weight excluding hydrogens is 259 g/mol. The fraction of sp³-hybridized carbons (Fsp3) is 0.222. The predicted molar refractivity (Wildman–Crippen MR) is 46.4 cm³/mol. The van der Waals surface area contributed by atoms with Crippen molar-refractivity contribution in [3.63, 3.8) is 0 Å². The van der Waals surface area contributed by atoms with Crippen LogP contribution in [-0.4, -0.2) is 23.9 Å². The molecule has 0 aromatic heterocycles. The Labute approximate surface area is 86.5 Å². The summed E-state index contributed by atoms with van der Waals surface area (Å²) in [5.74, 6) is 0.837. The van der Waals surface area contributed by atoms with Gasteiger partial charge in [-0.3, -0.25) is 0 Å². The molecule has 1 aromatic rings. The van der Waals surface area contributed by atoms with Crippen LogP contribution in [0, 0.1) is 0 Å². The number of phenols is 1. The van der Waals surface area contributed by atoms with Crippen LogP contribution < -0.4 is 9.47 Å². The van der Waals surface area contributed by atoms with Gasteiger partial charge in [-0.15, -0.1) is 0 Å². The Hall–Kier alpha value is -0.887. The van der Waals surface area contributed by atoms with Crippen LogP contribution in [0.3, 0.4) is 0 Å². The quantitative estimate of drug-likeness (QED) is 0.835. The van der Waals surface area contributed by atoms with E-state index in [1.807, 2.05) is 0 Å². The summed E-state index contributed by atoms with van der Waals surface area (Å²) < 4.78 is 11.7. The van der Waals surface area contributed by atoms with Gasteiger partial charge in [-0.1, -0.05) is 0 Å². The Balaban J connectivity index is 3.28. The first kappa shape index (κ1) is 10.2. The maximum atomic E-state index is 9.54. The van der Waals surface area contributed by atoms with Gasteiger partial charge in [-0.25, -0.2) is 0 Å². The second-order valence-corrected chi connectivity index (χ2v) is 2.84. The summed E-state index contributed by atoms with van der Waals surface area (Å²) in [6.45, 7) is 0. The molecule has 4 heteroatoms. The third-order valence-corrected chi connectivity index (χ3v) is 2.16. The molecule has 13 heavy (non-hydrogen) atoms. The van der Waals surface area contributed by atoms with Gasteiger partial charge in [0, 0.05) is 0 Å². The van der Waals surface area contributed by atoms with Gasteiger partial charge in [0.05, 0.1) is 0 Å². The molecule has 0 aliphatic rings. The molecule has 0 fully saturated rings. The molecule has 73 valence electrons. The van der Waals surface area contributed by atoms with E-state index in [1.165, 1.54) is 14.2 Å². The summed E-state index contributed by atoms with van der Waals surface area (Å²) in [5.41, 5.74) is 0.902. The Morgan fingerprint density at radius 1 is 1.23 bits per heavy atom. The van der Waals surface area contributed by atoms with E-state index in [1.54, 1.807) is 16.7 Å². The van der Waals surface area contributed by atoms with Gasteiger partial charge in [0.15, 0.2) is 0 Å². The van der Waals surface area contributed by atoms with Crippen molar-refractivity contribution in [2.45, 2.75) is 0 Å². The normalized spacial score (nSPS) is 9.46. The molecule has 0 atom stereocenters. The topological polar surface area (TPSA) is 38.7 Å². The van der Waals surface area contributed by atoms with Crippen LogP contribution in [0.25, 0.3) is 0 Å². The second-order valence-electron chi connectivity index (χ2n) is 2.37. The van der Waals surface area contributed by atoms with E-state index >= 15 is 0 Å². The molecule has 0 saturated heterocycles. The molecule has 1 rings (SSSR count). The average molecular weight is 269 g/mol. The molecular formula is C9H10O3Rh. The molecule has 0 aliphatic carbocycles. The minimum atomic E-state index is 0.0254. The van der Waals surface area contributed by atoms with Crippen LogP contribution in [0.15, 0.2) is 12.1 Å². The molecule has 0 spiro atoms. The molecule has 0 heterocycles. The molecule has 0 bridgehead atoms. The van der Waals surface area contributed by atoms with Crippen LogP contribution >= 0.6 is 0 Å². The van der Waals surface area contributed by atoms with Gasteiger partial charge < -0.3 is 0 Å². The van der Waals surface area contributed by atoms with Gasteiger partial charge in [-0.05, 0) is 0 Å². The van der Waals surface area contributed by atoms with Gasteiger partial charge in [0.1, 0.15) is 0 Å². The summed E-state index contributed by atoms with van der Waals surface area (Å²) in [5, 5.41) is 9.54. The van der Waals surface area contributed by atoms with Gasteiger partial charge >= 0.3 is 86.2 Å². The van der Waals surface area contributed by atoms with Crippen molar-refractivity contribution in [3.05, 3.63) is 17.7 Å². The van der Waals surface area contributed by atoms with Crippen LogP contribution in [0.2, 0.25) is 0 Å². The number of methoxy groups -OCH3 is 2. The van der Waals surface area contributed by atoms with Crippen molar-refractivity contribution in [2.75, 3.05) is 14.2 Å². The van der Waals surface area contributed by atoms with Crippen molar-refractivity contribution in [3.8, 4) is 17.2 Å². The molecule has 0 unspecified atom stereocenters. The maximum absolute atomic E-state index is 9.54. The summed E-state index contributed by atoms with van der Waals surface area (Å²) in [6, 6.07) is 3.44. The zero-order valence-corrected chi connectivity index (χ0v) is 8.97. The molecule has 1 aromatic carbocycles. The fourth-order valence-electron chi connectivity index (χ4n) is 0.969. The van der Waals surface area contributed by atoms with Crippen LogP contribution in [0.1, 0.15) is 5.56 Å². The van der Waals surface area contributed by atoms with E-state index in [9.17, 15) is 5.11 Å².